The molecule has 0 bridgehead atoms. The van der Waals surface area contributed by atoms with Gasteiger partial charge in [-0.05, 0) is 25.8 Å². The topological polar surface area (TPSA) is 60.2 Å². The van der Waals surface area contributed by atoms with Crippen LogP contribution in [0.25, 0.3) is 0 Å². The summed E-state index contributed by atoms with van der Waals surface area (Å²) in [6.07, 6.45) is 4.07. The Balaban J connectivity index is 1.92. The molecule has 2 rings (SSSR count). The number of likely N-dealkylation sites (N-methyl/N-ethyl adjacent to an activating group) is 1. The van der Waals surface area contributed by atoms with Gasteiger partial charge in [-0.25, -0.2) is 0 Å². The summed E-state index contributed by atoms with van der Waals surface area (Å²) in [7, 11) is 0. The first-order valence-corrected chi connectivity index (χ1v) is 6.97. The van der Waals surface area contributed by atoms with E-state index in [4.69, 9.17) is 9.26 Å². The average Bonchev–Trinajstić information content (AvgIpc) is 2.88. The molecule has 2 heterocycles. The molecule has 0 radical (unpaired) electrons. The number of aromatic nitrogens is 2. The molecule has 0 amide bonds. The maximum atomic E-state index is 5.45. The van der Waals surface area contributed by atoms with E-state index >= 15 is 0 Å². The number of hydrogen-bond donors (Lipinski definition) is 1. The lowest BCUT2D eigenvalue weighted by molar-refractivity contribution is 0.0773. The Kier molecular flexibility index (Phi) is 5.13. The highest BCUT2D eigenvalue weighted by molar-refractivity contribution is 4.97. The smallest absolute Gasteiger partial charge is 0.228 e. The molecule has 1 aliphatic heterocycles. The summed E-state index contributed by atoms with van der Waals surface area (Å²) in [5, 5.41) is 7.51. The van der Waals surface area contributed by atoms with Gasteiger partial charge in [0.05, 0.1) is 6.61 Å². The van der Waals surface area contributed by atoms with Gasteiger partial charge in [-0.3, -0.25) is 0 Å². The van der Waals surface area contributed by atoms with Crippen LogP contribution >= 0.6 is 0 Å². The van der Waals surface area contributed by atoms with Gasteiger partial charge in [0.1, 0.15) is 0 Å². The van der Waals surface area contributed by atoms with Crippen LogP contribution < -0.4 is 5.32 Å². The zero-order chi connectivity index (χ0) is 12.8. The second kappa shape index (κ2) is 6.85. The molecule has 5 nitrogen and oxygen atoms in total. The van der Waals surface area contributed by atoms with Gasteiger partial charge in [-0.15, -0.1) is 0 Å². The molecule has 2 atom stereocenters. The minimum atomic E-state index is 0.315. The summed E-state index contributed by atoms with van der Waals surface area (Å²) in [6, 6.07) is 0.422. The van der Waals surface area contributed by atoms with E-state index in [-0.39, 0.29) is 0 Å². The zero-order valence-corrected chi connectivity index (χ0v) is 11.3. The molecular formula is C13H23N3O2. The van der Waals surface area contributed by atoms with Gasteiger partial charge in [0.25, 0.3) is 0 Å². The molecule has 1 aromatic heterocycles. The second-order valence-electron chi connectivity index (χ2n) is 4.83. The lowest BCUT2D eigenvalue weighted by atomic mass is 10.0. The monoisotopic (exact) mass is 253 g/mol. The first kappa shape index (κ1) is 13.5. The van der Waals surface area contributed by atoms with Crippen molar-refractivity contribution >= 4 is 0 Å². The van der Waals surface area contributed by atoms with Gasteiger partial charge in [-0.2, -0.15) is 4.98 Å². The van der Waals surface area contributed by atoms with Crippen LogP contribution in [0, 0.1) is 0 Å². The molecule has 1 fully saturated rings. The van der Waals surface area contributed by atoms with Crippen LogP contribution in [0.1, 0.15) is 50.7 Å². The second-order valence-corrected chi connectivity index (χ2v) is 4.83. The summed E-state index contributed by atoms with van der Waals surface area (Å²) < 4.78 is 10.8. The van der Waals surface area contributed by atoms with E-state index in [0.717, 1.165) is 57.2 Å². The Morgan fingerprint density at radius 2 is 2.33 bits per heavy atom. The molecule has 2 unspecified atom stereocenters. The Morgan fingerprint density at radius 1 is 1.44 bits per heavy atom. The third kappa shape index (κ3) is 3.53. The molecule has 5 heteroatoms. The molecular weight excluding hydrogens is 230 g/mol. The summed E-state index contributed by atoms with van der Waals surface area (Å²) in [5.41, 5.74) is 0. The Bertz CT molecular complexity index is 348. The maximum absolute atomic E-state index is 5.45. The molecule has 0 aromatic carbocycles. The fraction of sp³-hybridized carbons (Fsp3) is 0.846. The van der Waals surface area contributed by atoms with E-state index in [0.29, 0.717) is 12.0 Å². The Hall–Kier alpha value is -0.940. The van der Waals surface area contributed by atoms with Crippen molar-refractivity contribution in [3.63, 3.8) is 0 Å². The van der Waals surface area contributed by atoms with E-state index in [1.54, 1.807) is 0 Å². The maximum Gasteiger partial charge on any atom is 0.228 e. The van der Waals surface area contributed by atoms with Crippen LogP contribution in [0.5, 0.6) is 0 Å². The largest absolute Gasteiger partial charge is 0.381 e. The fourth-order valence-corrected chi connectivity index (χ4v) is 2.32. The van der Waals surface area contributed by atoms with E-state index in [1.165, 1.54) is 0 Å². The van der Waals surface area contributed by atoms with Crippen molar-refractivity contribution in [3.8, 4) is 0 Å². The number of nitrogens with one attached hydrogen (secondary N) is 1. The predicted octanol–water partition coefficient (Wildman–Crippen LogP) is 1.89. The molecule has 1 saturated heterocycles. The number of ether oxygens (including phenoxy) is 1. The van der Waals surface area contributed by atoms with E-state index < -0.39 is 0 Å². The van der Waals surface area contributed by atoms with Crippen LogP contribution in [-0.4, -0.2) is 35.9 Å². The normalized spacial score (nSPS) is 22.0. The summed E-state index contributed by atoms with van der Waals surface area (Å²) in [5.74, 6) is 1.87. The van der Waals surface area contributed by atoms with Gasteiger partial charge < -0.3 is 14.6 Å². The van der Waals surface area contributed by atoms with E-state index in [9.17, 15) is 0 Å². The summed E-state index contributed by atoms with van der Waals surface area (Å²) in [4.78, 5) is 4.51. The molecule has 102 valence electrons. The van der Waals surface area contributed by atoms with Crippen molar-refractivity contribution in [2.75, 3.05) is 19.8 Å². The third-order valence-corrected chi connectivity index (χ3v) is 3.42. The quantitative estimate of drug-likeness (QED) is 0.839. The van der Waals surface area contributed by atoms with Gasteiger partial charge in [0, 0.05) is 25.0 Å². The van der Waals surface area contributed by atoms with Gasteiger partial charge >= 0.3 is 0 Å². The van der Waals surface area contributed by atoms with Gasteiger partial charge in [-0.1, -0.05) is 19.0 Å². The highest BCUT2D eigenvalue weighted by Gasteiger charge is 2.22. The Labute approximate surface area is 108 Å². The summed E-state index contributed by atoms with van der Waals surface area (Å²) in [6.45, 7) is 6.83. The van der Waals surface area contributed by atoms with Crippen LogP contribution in [-0.2, 0) is 11.2 Å². The van der Waals surface area contributed by atoms with Crippen LogP contribution in [0.15, 0.2) is 4.52 Å². The highest BCUT2D eigenvalue weighted by atomic mass is 16.5. The molecule has 0 aliphatic carbocycles. The lowest BCUT2D eigenvalue weighted by Gasteiger charge is -2.18. The molecule has 1 N–H and O–H groups in total. The van der Waals surface area contributed by atoms with Gasteiger partial charge in [0.2, 0.25) is 5.89 Å². The van der Waals surface area contributed by atoms with E-state index in [1.807, 2.05) is 0 Å². The molecule has 0 saturated carbocycles. The van der Waals surface area contributed by atoms with Crippen molar-refractivity contribution in [1.82, 2.24) is 15.5 Å². The van der Waals surface area contributed by atoms with Gasteiger partial charge in [0.15, 0.2) is 5.82 Å². The van der Waals surface area contributed by atoms with Crippen LogP contribution in [0.4, 0.5) is 0 Å². The average molecular weight is 253 g/mol. The number of nitrogens with zero attached hydrogens (tertiary/aromatic N) is 2. The Morgan fingerprint density at radius 3 is 3.00 bits per heavy atom. The number of rotatable bonds is 6. The van der Waals surface area contributed by atoms with Crippen molar-refractivity contribution in [2.24, 2.45) is 0 Å². The van der Waals surface area contributed by atoms with E-state index in [2.05, 4.69) is 29.3 Å². The van der Waals surface area contributed by atoms with Crippen LogP contribution in [0.3, 0.4) is 0 Å². The first-order valence-electron chi connectivity index (χ1n) is 6.97. The van der Waals surface area contributed by atoms with Crippen molar-refractivity contribution < 1.29 is 9.26 Å². The molecule has 1 aliphatic rings. The molecule has 1 aromatic rings. The zero-order valence-electron chi connectivity index (χ0n) is 11.3. The third-order valence-electron chi connectivity index (χ3n) is 3.42. The van der Waals surface area contributed by atoms with Crippen LogP contribution in [0.2, 0.25) is 0 Å². The van der Waals surface area contributed by atoms with Crippen molar-refractivity contribution in [2.45, 2.75) is 51.5 Å². The predicted molar refractivity (Wildman–Crippen MR) is 68.6 cm³/mol. The number of hydrogen-bond acceptors (Lipinski definition) is 5. The fourth-order valence-electron chi connectivity index (χ4n) is 2.32. The molecule has 0 spiro atoms. The van der Waals surface area contributed by atoms with Crippen molar-refractivity contribution in [3.05, 3.63) is 11.7 Å². The molecule has 18 heavy (non-hydrogen) atoms. The standard InChI is InChI=1S/C13H23N3O2/c1-3-11(14-4-2)8-12-15-13(16-18-12)10-6-5-7-17-9-10/h10-11,14H,3-9H2,1-2H3. The minimum Gasteiger partial charge on any atom is -0.381 e. The summed E-state index contributed by atoms with van der Waals surface area (Å²) >= 11 is 0. The van der Waals surface area contributed by atoms with Crippen molar-refractivity contribution in [1.29, 1.82) is 0 Å². The highest BCUT2D eigenvalue weighted by Crippen LogP contribution is 2.23. The lowest BCUT2D eigenvalue weighted by Crippen LogP contribution is -2.30. The SMILES string of the molecule is CCNC(CC)Cc1nc(C2CCCOC2)no1. The first-order chi connectivity index (χ1) is 8.83. The minimum absolute atomic E-state index is 0.315.